The van der Waals surface area contributed by atoms with E-state index < -0.39 is 0 Å². The maximum absolute atomic E-state index is 13.1. The minimum absolute atomic E-state index is 0.0929. The zero-order chi connectivity index (χ0) is 14.7. The average molecular weight is 294 g/mol. The second-order valence-corrected chi connectivity index (χ2v) is 4.76. The second-order valence-electron chi connectivity index (χ2n) is 4.40. The van der Waals surface area contributed by atoms with E-state index in [1.165, 1.54) is 29.3 Å². The SMILES string of the molecule is CN(Cc1cccc(F)c1)C(=O)c1cc(N)cnc1Cl. The second kappa shape index (κ2) is 5.88. The number of hydrogen-bond acceptors (Lipinski definition) is 3. The van der Waals surface area contributed by atoms with E-state index in [4.69, 9.17) is 17.3 Å². The molecule has 6 heteroatoms. The molecule has 0 atom stereocenters. The molecule has 1 heterocycles. The molecule has 0 aliphatic rings. The number of carbonyl (C=O) groups excluding carboxylic acids is 1. The van der Waals surface area contributed by atoms with Crippen LogP contribution in [0.25, 0.3) is 0 Å². The molecule has 0 radical (unpaired) electrons. The summed E-state index contributed by atoms with van der Waals surface area (Å²) in [6, 6.07) is 7.54. The molecular weight excluding hydrogens is 281 g/mol. The number of carbonyl (C=O) groups is 1. The number of rotatable bonds is 3. The molecule has 1 amide bonds. The van der Waals surface area contributed by atoms with Gasteiger partial charge < -0.3 is 10.6 Å². The Kier molecular flexibility index (Phi) is 4.20. The molecule has 0 fully saturated rings. The van der Waals surface area contributed by atoms with Gasteiger partial charge >= 0.3 is 0 Å². The standard InChI is InChI=1S/C14H13ClFN3O/c1-19(8-9-3-2-4-10(16)5-9)14(20)12-6-11(17)7-18-13(12)15/h2-7H,8,17H2,1H3. The molecule has 0 aliphatic heterocycles. The quantitative estimate of drug-likeness (QED) is 0.885. The maximum Gasteiger partial charge on any atom is 0.257 e. The zero-order valence-electron chi connectivity index (χ0n) is 10.8. The van der Waals surface area contributed by atoms with E-state index in [0.29, 0.717) is 11.3 Å². The molecule has 0 aliphatic carbocycles. The molecule has 0 spiro atoms. The Hall–Kier alpha value is -2.14. The largest absolute Gasteiger partial charge is 0.397 e. The Labute approximate surface area is 121 Å². The lowest BCUT2D eigenvalue weighted by Gasteiger charge is -2.18. The summed E-state index contributed by atoms with van der Waals surface area (Å²) in [6.45, 7) is 0.266. The predicted molar refractivity (Wildman–Crippen MR) is 75.9 cm³/mol. The molecular formula is C14H13ClFN3O. The molecule has 0 saturated carbocycles. The molecule has 4 nitrogen and oxygen atoms in total. The van der Waals surface area contributed by atoms with Gasteiger partial charge in [-0.2, -0.15) is 0 Å². The van der Waals surface area contributed by atoms with E-state index in [9.17, 15) is 9.18 Å². The van der Waals surface area contributed by atoms with Gasteiger partial charge in [0, 0.05) is 13.6 Å². The highest BCUT2D eigenvalue weighted by Gasteiger charge is 2.16. The predicted octanol–water partition coefficient (Wildman–Crippen LogP) is 2.73. The van der Waals surface area contributed by atoms with Crippen molar-refractivity contribution in [1.82, 2.24) is 9.88 Å². The Balaban J connectivity index is 2.18. The lowest BCUT2D eigenvalue weighted by atomic mass is 10.2. The van der Waals surface area contributed by atoms with Crippen LogP contribution in [0.3, 0.4) is 0 Å². The summed E-state index contributed by atoms with van der Waals surface area (Å²) in [5.41, 5.74) is 6.87. The average Bonchev–Trinajstić information content (AvgIpc) is 2.40. The number of nitrogens with zero attached hydrogens (tertiary/aromatic N) is 2. The van der Waals surface area contributed by atoms with Crippen molar-refractivity contribution in [3.05, 3.63) is 58.6 Å². The van der Waals surface area contributed by atoms with Gasteiger partial charge in [-0.05, 0) is 23.8 Å². The number of hydrogen-bond donors (Lipinski definition) is 1. The Bertz CT molecular complexity index is 648. The first-order valence-electron chi connectivity index (χ1n) is 5.88. The van der Waals surface area contributed by atoms with Gasteiger partial charge in [0.1, 0.15) is 11.0 Å². The maximum atomic E-state index is 13.1. The van der Waals surface area contributed by atoms with E-state index in [2.05, 4.69) is 4.98 Å². The van der Waals surface area contributed by atoms with E-state index in [-0.39, 0.29) is 29.0 Å². The highest BCUT2D eigenvalue weighted by Crippen LogP contribution is 2.18. The van der Waals surface area contributed by atoms with Crippen molar-refractivity contribution in [3.8, 4) is 0 Å². The fraction of sp³-hybridized carbons (Fsp3) is 0.143. The van der Waals surface area contributed by atoms with Crippen molar-refractivity contribution < 1.29 is 9.18 Å². The van der Waals surface area contributed by atoms with Gasteiger partial charge in [-0.1, -0.05) is 23.7 Å². The highest BCUT2D eigenvalue weighted by molar-refractivity contribution is 6.32. The summed E-state index contributed by atoms with van der Waals surface area (Å²) in [6.07, 6.45) is 1.38. The molecule has 2 N–H and O–H groups in total. The number of aromatic nitrogens is 1. The van der Waals surface area contributed by atoms with Gasteiger partial charge in [0.2, 0.25) is 0 Å². The van der Waals surface area contributed by atoms with Gasteiger partial charge in [-0.25, -0.2) is 9.37 Å². The minimum Gasteiger partial charge on any atom is -0.397 e. The number of anilines is 1. The molecule has 1 aromatic heterocycles. The molecule has 1 aromatic carbocycles. The Morgan fingerprint density at radius 2 is 2.20 bits per heavy atom. The number of pyridine rings is 1. The first-order valence-corrected chi connectivity index (χ1v) is 6.26. The van der Waals surface area contributed by atoms with Crippen LogP contribution in [0.4, 0.5) is 10.1 Å². The molecule has 20 heavy (non-hydrogen) atoms. The van der Waals surface area contributed by atoms with Crippen molar-refractivity contribution in [2.75, 3.05) is 12.8 Å². The van der Waals surface area contributed by atoms with Crippen molar-refractivity contribution in [3.63, 3.8) is 0 Å². The summed E-state index contributed by atoms with van der Waals surface area (Å²) < 4.78 is 13.1. The third-order valence-electron chi connectivity index (χ3n) is 2.75. The van der Waals surface area contributed by atoms with Crippen molar-refractivity contribution in [2.24, 2.45) is 0 Å². The zero-order valence-corrected chi connectivity index (χ0v) is 11.6. The van der Waals surface area contributed by atoms with Crippen molar-refractivity contribution in [1.29, 1.82) is 0 Å². The van der Waals surface area contributed by atoms with Crippen LogP contribution < -0.4 is 5.73 Å². The summed E-state index contributed by atoms with van der Waals surface area (Å²) in [5, 5.41) is 0.0929. The highest BCUT2D eigenvalue weighted by atomic mass is 35.5. The van der Waals surface area contributed by atoms with Gasteiger partial charge in [0.05, 0.1) is 17.4 Å². The summed E-state index contributed by atoms with van der Waals surface area (Å²) >= 11 is 5.89. The lowest BCUT2D eigenvalue weighted by molar-refractivity contribution is 0.0785. The summed E-state index contributed by atoms with van der Waals surface area (Å²) in [4.78, 5) is 17.5. The third kappa shape index (κ3) is 3.24. The van der Waals surface area contributed by atoms with Crippen LogP contribution in [0, 0.1) is 5.82 Å². The van der Waals surface area contributed by atoms with Crippen LogP contribution in [0.1, 0.15) is 15.9 Å². The monoisotopic (exact) mass is 293 g/mol. The number of nitrogen functional groups attached to an aromatic ring is 1. The lowest BCUT2D eigenvalue weighted by Crippen LogP contribution is -2.26. The van der Waals surface area contributed by atoms with Gasteiger partial charge in [-0.15, -0.1) is 0 Å². The summed E-state index contributed by atoms with van der Waals surface area (Å²) in [7, 11) is 1.60. The van der Waals surface area contributed by atoms with Crippen LogP contribution in [0.2, 0.25) is 5.15 Å². The first-order chi connectivity index (χ1) is 9.47. The molecule has 104 valence electrons. The van der Waals surface area contributed by atoms with Crippen molar-refractivity contribution in [2.45, 2.75) is 6.54 Å². The van der Waals surface area contributed by atoms with Crippen LogP contribution >= 0.6 is 11.6 Å². The molecule has 0 saturated heterocycles. The molecule has 2 aromatic rings. The van der Waals surface area contributed by atoms with Crippen LogP contribution in [-0.2, 0) is 6.54 Å². The van der Waals surface area contributed by atoms with Crippen LogP contribution in [-0.4, -0.2) is 22.8 Å². The Morgan fingerprint density at radius 1 is 1.45 bits per heavy atom. The Morgan fingerprint density at radius 3 is 2.90 bits per heavy atom. The molecule has 0 unspecified atom stereocenters. The fourth-order valence-corrected chi connectivity index (χ4v) is 1.99. The smallest absolute Gasteiger partial charge is 0.257 e. The number of amides is 1. The topological polar surface area (TPSA) is 59.2 Å². The van der Waals surface area contributed by atoms with E-state index in [1.54, 1.807) is 19.2 Å². The van der Waals surface area contributed by atoms with E-state index in [0.717, 1.165) is 0 Å². The van der Waals surface area contributed by atoms with Gasteiger partial charge in [0.15, 0.2) is 0 Å². The number of benzene rings is 1. The van der Waals surface area contributed by atoms with Gasteiger partial charge in [0.25, 0.3) is 5.91 Å². The van der Waals surface area contributed by atoms with E-state index >= 15 is 0 Å². The molecule has 0 bridgehead atoms. The summed E-state index contributed by atoms with van der Waals surface area (Å²) in [5.74, 6) is -0.661. The van der Waals surface area contributed by atoms with Crippen LogP contribution in [0.5, 0.6) is 0 Å². The van der Waals surface area contributed by atoms with Crippen LogP contribution in [0.15, 0.2) is 36.5 Å². The number of nitrogens with two attached hydrogens (primary N) is 1. The number of halogens is 2. The van der Waals surface area contributed by atoms with E-state index in [1.807, 2.05) is 0 Å². The fourth-order valence-electron chi connectivity index (χ4n) is 1.80. The van der Waals surface area contributed by atoms with Crippen molar-refractivity contribution >= 4 is 23.2 Å². The minimum atomic E-state index is -0.341. The van der Waals surface area contributed by atoms with Gasteiger partial charge in [-0.3, -0.25) is 4.79 Å². The first kappa shape index (κ1) is 14.3. The molecule has 2 rings (SSSR count). The normalized spacial score (nSPS) is 10.3. The third-order valence-corrected chi connectivity index (χ3v) is 3.05.